The van der Waals surface area contributed by atoms with Crippen LogP contribution in [0, 0.1) is 0 Å². The summed E-state index contributed by atoms with van der Waals surface area (Å²) in [5, 5.41) is 0.656. The number of fused-ring (bicyclic) bond motifs is 1. The maximum absolute atomic E-state index is 11.9. The molecule has 118 valence electrons. The van der Waals surface area contributed by atoms with Crippen LogP contribution in [0.3, 0.4) is 0 Å². The van der Waals surface area contributed by atoms with Crippen molar-refractivity contribution < 1.29 is 18.7 Å². The van der Waals surface area contributed by atoms with E-state index in [2.05, 4.69) is 6.92 Å². The fraction of sp³-hybridized carbons (Fsp3) is 0.412. The predicted molar refractivity (Wildman–Crippen MR) is 83.5 cm³/mol. The van der Waals surface area contributed by atoms with Crippen LogP contribution in [0.2, 0.25) is 0 Å². The first-order valence-electron chi connectivity index (χ1n) is 7.53. The Hall–Kier alpha value is -2.30. The Bertz CT molecular complexity index is 702. The number of hydrogen-bond donors (Lipinski definition) is 0. The molecule has 0 radical (unpaired) electrons. The van der Waals surface area contributed by atoms with Gasteiger partial charge in [-0.05, 0) is 31.5 Å². The molecule has 0 fully saturated rings. The molecule has 2 aromatic rings. The van der Waals surface area contributed by atoms with Gasteiger partial charge >= 0.3 is 11.6 Å². The highest BCUT2D eigenvalue weighted by atomic mass is 16.5. The number of carbonyl (C=O) groups excluding carboxylic acids is 1. The van der Waals surface area contributed by atoms with Crippen LogP contribution in [-0.2, 0) is 4.74 Å². The van der Waals surface area contributed by atoms with Gasteiger partial charge in [0.1, 0.15) is 16.9 Å². The third-order valence-electron chi connectivity index (χ3n) is 3.22. The number of unbranched alkanes of at least 4 members (excludes halogenated alkanes) is 2. The number of rotatable bonds is 7. The monoisotopic (exact) mass is 304 g/mol. The Morgan fingerprint density at radius 3 is 2.73 bits per heavy atom. The van der Waals surface area contributed by atoms with Crippen molar-refractivity contribution in [2.75, 3.05) is 13.2 Å². The lowest BCUT2D eigenvalue weighted by Gasteiger charge is -2.07. The summed E-state index contributed by atoms with van der Waals surface area (Å²) in [4.78, 5) is 23.5. The molecule has 0 atom stereocenters. The van der Waals surface area contributed by atoms with Crippen LogP contribution in [0.15, 0.2) is 33.5 Å². The van der Waals surface area contributed by atoms with Crippen molar-refractivity contribution >= 4 is 16.9 Å². The maximum atomic E-state index is 11.9. The van der Waals surface area contributed by atoms with E-state index < -0.39 is 11.6 Å². The molecule has 0 aliphatic rings. The number of ether oxygens (including phenoxy) is 2. The zero-order valence-corrected chi connectivity index (χ0v) is 12.9. The quantitative estimate of drug-likeness (QED) is 0.444. The van der Waals surface area contributed by atoms with Crippen molar-refractivity contribution in [1.29, 1.82) is 0 Å². The average molecular weight is 304 g/mol. The Kier molecular flexibility index (Phi) is 5.58. The fourth-order valence-corrected chi connectivity index (χ4v) is 2.07. The molecule has 1 aromatic carbocycles. The maximum Gasteiger partial charge on any atom is 0.351 e. The van der Waals surface area contributed by atoms with Crippen molar-refractivity contribution in [3.8, 4) is 5.75 Å². The van der Waals surface area contributed by atoms with Gasteiger partial charge in [0.25, 0.3) is 0 Å². The van der Waals surface area contributed by atoms with Gasteiger partial charge in [0.05, 0.1) is 13.2 Å². The highest BCUT2D eigenvalue weighted by Gasteiger charge is 2.14. The van der Waals surface area contributed by atoms with E-state index in [-0.39, 0.29) is 12.2 Å². The molecule has 0 N–H and O–H groups in total. The Balaban J connectivity index is 2.22. The molecular weight excluding hydrogens is 284 g/mol. The first-order chi connectivity index (χ1) is 10.7. The van der Waals surface area contributed by atoms with Crippen molar-refractivity contribution in [3.05, 3.63) is 40.2 Å². The van der Waals surface area contributed by atoms with E-state index in [0.717, 1.165) is 19.3 Å². The molecule has 0 bridgehead atoms. The van der Waals surface area contributed by atoms with Crippen LogP contribution in [-0.4, -0.2) is 19.2 Å². The minimum atomic E-state index is -0.700. The standard InChI is InChI=1S/C17H20O5/c1-3-5-6-9-21-13-8-7-12-10-14(16(18)20-4-2)17(19)22-15(12)11-13/h7-8,10-11H,3-6,9H2,1-2H3. The van der Waals surface area contributed by atoms with E-state index in [1.807, 2.05) is 0 Å². The normalized spacial score (nSPS) is 10.6. The smallest absolute Gasteiger partial charge is 0.351 e. The minimum Gasteiger partial charge on any atom is -0.493 e. The molecular formula is C17H20O5. The molecule has 0 amide bonds. The number of esters is 1. The average Bonchev–Trinajstić information content (AvgIpc) is 2.51. The Morgan fingerprint density at radius 2 is 2.00 bits per heavy atom. The van der Waals surface area contributed by atoms with E-state index in [0.29, 0.717) is 23.3 Å². The third-order valence-corrected chi connectivity index (χ3v) is 3.22. The van der Waals surface area contributed by atoms with E-state index >= 15 is 0 Å². The summed E-state index contributed by atoms with van der Waals surface area (Å²) >= 11 is 0. The lowest BCUT2D eigenvalue weighted by Crippen LogP contribution is -2.16. The summed E-state index contributed by atoms with van der Waals surface area (Å²) in [5.41, 5.74) is -0.397. The second kappa shape index (κ2) is 7.64. The minimum absolute atomic E-state index is 0.0917. The number of carbonyl (C=O) groups is 1. The van der Waals surface area contributed by atoms with Crippen molar-refractivity contribution in [2.24, 2.45) is 0 Å². The van der Waals surface area contributed by atoms with Gasteiger partial charge in [-0.2, -0.15) is 0 Å². The van der Waals surface area contributed by atoms with Crippen molar-refractivity contribution in [1.82, 2.24) is 0 Å². The van der Waals surface area contributed by atoms with Gasteiger partial charge in [0.15, 0.2) is 0 Å². The van der Waals surface area contributed by atoms with E-state index in [9.17, 15) is 9.59 Å². The van der Waals surface area contributed by atoms with Gasteiger partial charge in [-0.25, -0.2) is 9.59 Å². The van der Waals surface area contributed by atoms with Crippen molar-refractivity contribution in [2.45, 2.75) is 33.1 Å². The van der Waals surface area contributed by atoms with Gasteiger partial charge in [-0.15, -0.1) is 0 Å². The van der Waals surface area contributed by atoms with Gasteiger partial charge in [-0.3, -0.25) is 0 Å². The first kappa shape index (κ1) is 16.1. The molecule has 22 heavy (non-hydrogen) atoms. The topological polar surface area (TPSA) is 65.7 Å². The van der Waals surface area contributed by atoms with Crippen LogP contribution in [0.4, 0.5) is 0 Å². The summed E-state index contributed by atoms with van der Waals surface area (Å²) in [5.74, 6) is -0.0197. The zero-order valence-electron chi connectivity index (χ0n) is 12.9. The van der Waals surface area contributed by atoms with Crippen molar-refractivity contribution in [3.63, 3.8) is 0 Å². The number of hydrogen-bond acceptors (Lipinski definition) is 5. The Labute approximate surface area is 128 Å². The van der Waals surface area contributed by atoms with E-state index in [1.165, 1.54) is 6.07 Å². The first-order valence-corrected chi connectivity index (χ1v) is 7.53. The van der Waals surface area contributed by atoms with Gasteiger partial charge in [-0.1, -0.05) is 19.8 Å². The van der Waals surface area contributed by atoms with Crippen LogP contribution in [0.1, 0.15) is 43.5 Å². The molecule has 0 saturated carbocycles. The van der Waals surface area contributed by atoms with Crippen LogP contribution in [0.25, 0.3) is 11.0 Å². The molecule has 0 spiro atoms. The van der Waals surface area contributed by atoms with Crippen LogP contribution in [0.5, 0.6) is 5.75 Å². The molecule has 1 aromatic heterocycles. The summed E-state index contributed by atoms with van der Waals surface area (Å²) in [7, 11) is 0. The SMILES string of the molecule is CCCCCOc1ccc2cc(C(=O)OCC)c(=O)oc2c1. The highest BCUT2D eigenvalue weighted by molar-refractivity contribution is 5.93. The predicted octanol–water partition coefficient (Wildman–Crippen LogP) is 3.54. The zero-order chi connectivity index (χ0) is 15.9. The Morgan fingerprint density at radius 1 is 1.18 bits per heavy atom. The number of benzene rings is 1. The molecule has 2 rings (SSSR count). The summed E-state index contributed by atoms with van der Waals surface area (Å²) in [6.45, 7) is 4.65. The van der Waals surface area contributed by atoms with E-state index in [1.54, 1.807) is 25.1 Å². The lowest BCUT2D eigenvalue weighted by atomic mass is 10.2. The van der Waals surface area contributed by atoms with Gasteiger partial charge in [0, 0.05) is 11.5 Å². The molecule has 1 heterocycles. The third kappa shape index (κ3) is 3.87. The summed E-state index contributed by atoms with van der Waals surface area (Å²) < 4.78 is 15.6. The van der Waals surface area contributed by atoms with Gasteiger partial charge < -0.3 is 13.9 Å². The summed E-state index contributed by atoms with van der Waals surface area (Å²) in [6, 6.07) is 6.71. The van der Waals surface area contributed by atoms with Crippen LogP contribution < -0.4 is 10.4 Å². The molecule has 0 aliphatic carbocycles. The fourth-order valence-electron chi connectivity index (χ4n) is 2.07. The largest absolute Gasteiger partial charge is 0.493 e. The van der Waals surface area contributed by atoms with Crippen LogP contribution >= 0.6 is 0 Å². The second-order valence-corrected chi connectivity index (χ2v) is 4.92. The summed E-state index contributed by atoms with van der Waals surface area (Å²) in [6.07, 6.45) is 3.23. The molecule has 5 nitrogen and oxygen atoms in total. The molecule has 0 aliphatic heterocycles. The lowest BCUT2D eigenvalue weighted by molar-refractivity contribution is 0.0522. The van der Waals surface area contributed by atoms with E-state index in [4.69, 9.17) is 13.9 Å². The molecule has 0 unspecified atom stereocenters. The molecule has 5 heteroatoms. The second-order valence-electron chi connectivity index (χ2n) is 4.92. The highest BCUT2D eigenvalue weighted by Crippen LogP contribution is 2.21. The van der Waals surface area contributed by atoms with Gasteiger partial charge in [0.2, 0.25) is 0 Å². The molecule has 0 saturated heterocycles.